The van der Waals surface area contributed by atoms with Gasteiger partial charge in [0.05, 0.1) is 14.2 Å². The Hall–Kier alpha value is -2.68. The van der Waals surface area contributed by atoms with E-state index in [0.717, 1.165) is 90.1 Å². The molecule has 0 aliphatic rings. The first-order valence-electron chi connectivity index (χ1n) is 20.4. The van der Waals surface area contributed by atoms with Crippen LogP contribution in [0.3, 0.4) is 0 Å². The van der Waals surface area contributed by atoms with Crippen LogP contribution in [-0.4, -0.2) is 56.2 Å². The quantitative estimate of drug-likeness (QED) is 0.0344. The van der Waals surface area contributed by atoms with E-state index in [2.05, 4.69) is 52.9 Å². The van der Waals surface area contributed by atoms with Crippen LogP contribution in [0.5, 0.6) is 0 Å². The van der Waals surface area contributed by atoms with Crippen LogP contribution in [0.15, 0.2) is 24.3 Å². The smallest absolute Gasteiger partial charge is 0.305 e. The van der Waals surface area contributed by atoms with E-state index in [0.29, 0.717) is 19.3 Å². The van der Waals surface area contributed by atoms with Crippen LogP contribution in [0.25, 0.3) is 0 Å². The summed E-state index contributed by atoms with van der Waals surface area (Å²) in [4.78, 5) is 43.7. The van der Waals surface area contributed by atoms with Gasteiger partial charge in [-0.05, 0) is 83.6 Å². The number of carboxylic acids is 1. The number of amides is 1. The molecule has 0 aromatic carbocycles. The molecule has 0 aliphatic heterocycles. The maximum absolute atomic E-state index is 11.5. The van der Waals surface area contributed by atoms with E-state index < -0.39 is 5.97 Å². The monoisotopic (exact) mass is 725 g/mol. The third-order valence-electron chi connectivity index (χ3n) is 8.24. The number of ether oxygens (including phenoxy) is 2. The van der Waals surface area contributed by atoms with Gasteiger partial charge in [0.25, 0.3) is 0 Å². The summed E-state index contributed by atoms with van der Waals surface area (Å²) in [6, 6.07) is 0. The average molecular weight is 725 g/mol. The Morgan fingerprint density at radius 3 is 1.24 bits per heavy atom. The van der Waals surface area contributed by atoms with Gasteiger partial charge in [-0.2, -0.15) is 0 Å². The second-order valence-electron chi connectivity index (χ2n) is 13.1. The number of esters is 2. The first-order valence-corrected chi connectivity index (χ1v) is 20.4. The van der Waals surface area contributed by atoms with E-state index in [9.17, 15) is 19.2 Å². The van der Waals surface area contributed by atoms with Crippen LogP contribution in [0.4, 0.5) is 0 Å². The Labute approximate surface area is 313 Å². The molecule has 0 rings (SSSR count). The van der Waals surface area contributed by atoms with Gasteiger partial charge in [-0.3, -0.25) is 19.2 Å². The zero-order chi connectivity index (χ0) is 38.5. The van der Waals surface area contributed by atoms with Gasteiger partial charge in [0, 0.05) is 32.2 Å². The molecule has 0 atom stereocenters. The molecule has 0 bridgehead atoms. The number of hydrogen-bond donors (Lipinski definition) is 3. The van der Waals surface area contributed by atoms with E-state index in [1.54, 1.807) is 0 Å². The molecule has 0 fully saturated rings. The van der Waals surface area contributed by atoms with Crippen LogP contribution in [0.1, 0.15) is 194 Å². The number of aliphatic carboxylic acids is 1. The van der Waals surface area contributed by atoms with Gasteiger partial charge in [-0.15, -0.1) is 0 Å². The molecular formula is C42H80N2O7. The lowest BCUT2D eigenvalue weighted by Crippen LogP contribution is -2.23. The number of rotatable bonds is 33. The summed E-state index contributed by atoms with van der Waals surface area (Å²) in [5.41, 5.74) is 5.14. The highest BCUT2D eigenvalue weighted by atomic mass is 16.5. The van der Waals surface area contributed by atoms with Gasteiger partial charge in [-0.25, -0.2) is 0 Å². The lowest BCUT2D eigenvalue weighted by Gasteiger charge is -2.02. The van der Waals surface area contributed by atoms with Gasteiger partial charge < -0.3 is 25.6 Å². The van der Waals surface area contributed by atoms with Gasteiger partial charge in [0.1, 0.15) is 0 Å². The fourth-order valence-corrected chi connectivity index (χ4v) is 4.96. The highest BCUT2D eigenvalue weighted by Crippen LogP contribution is 2.12. The number of carboxylic acid groups (broad SMARTS) is 1. The van der Waals surface area contributed by atoms with E-state index in [4.69, 9.17) is 10.8 Å². The molecule has 0 spiro atoms. The van der Waals surface area contributed by atoms with E-state index in [1.165, 1.54) is 91.3 Å². The van der Waals surface area contributed by atoms with Crippen molar-refractivity contribution < 1.29 is 33.8 Å². The summed E-state index contributed by atoms with van der Waals surface area (Å²) < 4.78 is 9.22. The van der Waals surface area contributed by atoms with Crippen LogP contribution >= 0.6 is 0 Å². The van der Waals surface area contributed by atoms with Crippen molar-refractivity contribution in [2.24, 2.45) is 5.73 Å². The molecule has 0 saturated heterocycles. The Morgan fingerprint density at radius 1 is 0.510 bits per heavy atom. The van der Waals surface area contributed by atoms with Gasteiger partial charge in [-0.1, -0.05) is 115 Å². The first-order chi connectivity index (χ1) is 24.8. The van der Waals surface area contributed by atoms with E-state index in [-0.39, 0.29) is 24.3 Å². The molecule has 51 heavy (non-hydrogen) atoms. The standard InChI is InChI=1S/C21H39NO3.C17H30O4.C4H11N/c1-3-4-19-22-20(23)17-15-13-11-9-7-5-6-8-10-12-14-16-18-21(24)25-2;1-21-17(20)15-13-11-9-7-5-3-2-4-6-8-10-12-14-16(18)19;1-2-3-4-5/h9,11H,3-8,10,12-19H2,1-2H3,(H,22,23);6,8H,2-5,7,9-15H2,1H3,(H,18,19);2-5H2,1H3/b11-9-;8-6-;. The number of nitrogens with one attached hydrogen (secondary N) is 1. The van der Waals surface area contributed by atoms with Gasteiger partial charge in [0.15, 0.2) is 0 Å². The van der Waals surface area contributed by atoms with Crippen molar-refractivity contribution in [2.45, 2.75) is 194 Å². The molecule has 0 radical (unpaired) electrons. The van der Waals surface area contributed by atoms with Crippen LogP contribution in [-0.2, 0) is 28.7 Å². The van der Waals surface area contributed by atoms with Crippen LogP contribution in [0.2, 0.25) is 0 Å². The molecule has 0 unspecified atom stereocenters. The van der Waals surface area contributed by atoms with Crippen molar-refractivity contribution in [3.8, 4) is 0 Å². The molecule has 1 amide bonds. The molecule has 9 nitrogen and oxygen atoms in total. The third-order valence-corrected chi connectivity index (χ3v) is 8.24. The molecular weight excluding hydrogens is 644 g/mol. The molecule has 0 aliphatic carbocycles. The Kier molecular flexibility index (Phi) is 48.9. The number of nitrogens with two attached hydrogens (primary N) is 1. The zero-order valence-corrected chi connectivity index (χ0v) is 33.5. The molecule has 4 N–H and O–H groups in total. The predicted molar refractivity (Wildman–Crippen MR) is 213 cm³/mol. The minimum absolute atomic E-state index is 0.0936. The molecule has 0 heterocycles. The van der Waals surface area contributed by atoms with Crippen molar-refractivity contribution in [2.75, 3.05) is 27.3 Å². The summed E-state index contributed by atoms with van der Waals surface area (Å²) >= 11 is 0. The van der Waals surface area contributed by atoms with Crippen LogP contribution in [0, 0.1) is 0 Å². The summed E-state index contributed by atoms with van der Waals surface area (Å²) in [5, 5.41) is 11.4. The van der Waals surface area contributed by atoms with Crippen molar-refractivity contribution >= 4 is 23.8 Å². The second-order valence-corrected chi connectivity index (χ2v) is 13.1. The highest BCUT2D eigenvalue weighted by molar-refractivity contribution is 5.75. The van der Waals surface area contributed by atoms with Crippen molar-refractivity contribution in [1.82, 2.24) is 5.32 Å². The van der Waals surface area contributed by atoms with Crippen LogP contribution < -0.4 is 11.1 Å². The molecule has 9 heteroatoms. The maximum atomic E-state index is 11.5. The predicted octanol–water partition coefficient (Wildman–Crippen LogP) is 10.5. The Balaban J connectivity index is -0.000000805. The highest BCUT2D eigenvalue weighted by Gasteiger charge is 2.01. The largest absolute Gasteiger partial charge is 0.481 e. The number of allylic oxidation sites excluding steroid dienone is 4. The Morgan fingerprint density at radius 2 is 0.882 bits per heavy atom. The SMILES string of the molecule is CCCCN.CCCCNC(=O)CCC/C=C\CCCCCCCCCC(=O)OC.COC(=O)CCCCCCCCC/C=C\CCCC(=O)O. The van der Waals surface area contributed by atoms with Crippen molar-refractivity contribution in [3.05, 3.63) is 24.3 Å². The maximum Gasteiger partial charge on any atom is 0.305 e. The zero-order valence-electron chi connectivity index (χ0n) is 33.5. The molecule has 0 saturated carbocycles. The van der Waals surface area contributed by atoms with Gasteiger partial charge >= 0.3 is 17.9 Å². The van der Waals surface area contributed by atoms with Crippen molar-refractivity contribution in [3.63, 3.8) is 0 Å². The van der Waals surface area contributed by atoms with Crippen molar-refractivity contribution in [1.29, 1.82) is 0 Å². The summed E-state index contributed by atoms with van der Waals surface area (Å²) in [7, 11) is 2.88. The summed E-state index contributed by atoms with van der Waals surface area (Å²) in [6.07, 6.45) is 37.6. The summed E-state index contributed by atoms with van der Waals surface area (Å²) in [5.74, 6) is -0.725. The number of carbonyl (C=O) groups is 4. The minimum Gasteiger partial charge on any atom is -0.481 e. The lowest BCUT2D eigenvalue weighted by atomic mass is 10.1. The topological polar surface area (TPSA) is 145 Å². The molecule has 0 aromatic heterocycles. The summed E-state index contributed by atoms with van der Waals surface area (Å²) in [6.45, 7) is 5.92. The lowest BCUT2D eigenvalue weighted by molar-refractivity contribution is -0.141. The molecule has 300 valence electrons. The molecule has 0 aromatic rings. The van der Waals surface area contributed by atoms with E-state index in [1.807, 2.05) is 0 Å². The number of methoxy groups -OCH3 is 2. The van der Waals surface area contributed by atoms with E-state index >= 15 is 0 Å². The second kappa shape index (κ2) is 47.3. The Bertz CT molecular complexity index is 828. The fourth-order valence-electron chi connectivity index (χ4n) is 4.96. The number of unbranched alkanes of at least 4 members (excludes halogenated alkanes) is 18. The normalized spacial score (nSPS) is 10.7. The fraction of sp³-hybridized carbons (Fsp3) is 0.810. The first kappa shape index (κ1) is 52.7. The van der Waals surface area contributed by atoms with Gasteiger partial charge in [0.2, 0.25) is 5.91 Å². The number of hydrogen-bond acceptors (Lipinski definition) is 7. The average Bonchev–Trinajstić information content (AvgIpc) is 3.12. The minimum atomic E-state index is -0.713. The third kappa shape index (κ3) is 54.3. The number of carbonyl (C=O) groups excluding carboxylic acids is 3.